The molecule has 9 heteroatoms. The van der Waals surface area contributed by atoms with Crippen LogP contribution in [0.25, 0.3) is 22.5 Å². The van der Waals surface area contributed by atoms with E-state index in [2.05, 4.69) is 33.1 Å². The number of carbonyl (C=O) groups is 1. The first-order chi connectivity index (χ1) is 14.2. The number of hydrogen-bond acceptors (Lipinski definition) is 8. The summed E-state index contributed by atoms with van der Waals surface area (Å²) in [7, 11) is 0. The zero-order chi connectivity index (χ0) is 20.6. The van der Waals surface area contributed by atoms with Crippen molar-refractivity contribution in [2.45, 2.75) is 0 Å². The van der Waals surface area contributed by atoms with Crippen LogP contribution < -0.4 is 10.6 Å². The van der Waals surface area contributed by atoms with Gasteiger partial charge in [0, 0.05) is 35.3 Å². The second-order valence-electron chi connectivity index (χ2n) is 6.05. The smallest absolute Gasteiger partial charge is 0.290 e. The van der Waals surface area contributed by atoms with Gasteiger partial charge in [-0.2, -0.15) is 5.26 Å². The summed E-state index contributed by atoms with van der Waals surface area (Å²) in [5.74, 6) is 0.227. The number of anilines is 2. The minimum atomic E-state index is -0.250. The van der Waals surface area contributed by atoms with Crippen LogP contribution in [0.1, 0.15) is 5.56 Å². The van der Waals surface area contributed by atoms with Crippen LogP contribution in [0.4, 0.5) is 11.5 Å². The molecule has 0 amide bonds. The highest BCUT2D eigenvalue weighted by Crippen LogP contribution is 2.31. The number of nitrogens with zero attached hydrogens (tertiary/aromatic N) is 4. The summed E-state index contributed by atoms with van der Waals surface area (Å²) in [6, 6.07) is 12.3. The number of nitriles is 1. The zero-order valence-corrected chi connectivity index (χ0v) is 16.3. The number of hydrogen-bond donors (Lipinski definition) is 2. The first kappa shape index (κ1) is 20.3. The van der Waals surface area contributed by atoms with E-state index >= 15 is 0 Å². The lowest BCUT2D eigenvalue weighted by Gasteiger charge is -2.28. The molecule has 0 aliphatic carbocycles. The van der Waals surface area contributed by atoms with Crippen LogP contribution >= 0.6 is 11.3 Å². The molecule has 0 atom stereocenters. The van der Waals surface area contributed by atoms with Crippen molar-refractivity contribution in [1.82, 2.24) is 9.97 Å². The molecule has 1 aliphatic rings. The predicted octanol–water partition coefficient (Wildman–Crippen LogP) is 2.86. The Kier molecular flexibility index (Phi) is 6.73. The van der Waals surface area contributed by atoms with E-state index in [1.165, 1.54) is 17.0 Å². The lowest BCUT2D eigenvalue weighted by Crippen LogP contribution is -2.36. The summed E-state index contributed by atoms with van der Waals surface area (Å²) >= 11 is 1.48. The molecular weight excluding hydrogens is 390 g/mol. The Morgan fingerprint density at radius 2 is 1.93 bits per heavy atom. The minimum absolute atomic E-state index is 0.227. The Bertz CT molecular complexity index is 994. The van der Waals surface area contributed by atoms with E-state index in [1.54, 1.807) is 5.51 Å². The fourth-order valence-corrected chi connectivity index (χ4v) is 3.59. The normalized spacial score (nSPS) is 13.1. The van der Waals surface area contributed by atoms with E-state index in [0.717, 1.165) is 43.3 Å². The first-order valence-electron chi connectivity index (χ1n) is 8.78. The summed E-state index contributed by atoms with van der Waals surface area (Å²) in [6.07, 6.45) is 0. The molecule has 1 saturated heterocycles. The monoisotopic (exact) mass is 409 g/mol. The third-order valence-electron chi connectivity index (χ3n) is 4.41. The highest BCUT2D eigenvalue weighted by atomic mass is 32.1. The van der Waals surface area contributed by atoms with E-state index < -0.39 is 0 Å². The molecule has 8 nitrogen and oxygen atoms in total. The fraction of sp³-hybridized carbons (Fsp3) is 0.200. The Labute approximate surface area is 171 Å². The summed E-state index contributed by atoms with van der Waals surface area (Å²) in [6.45, 7) is 3.06. The Balaban J connectivity index is 0.000000755. The highest BCUT2D eigenvalue weighted by Gasteiger charge is 2.15. The maximum absolute atomic E-state index is 9.43. The molecule has 0 unspecified atom stereocenters. The topological polar surface area (TPSA) is 125 Å². The van der Waals surface area contributed by atoms with Crippen LogP contribution in [-0.4, -0.2) is 47.8 Å². The standard InChI is InChI=1S/C19H17N5OS.CH2O2/c20-10-16-15(18-11-26-12-22-18)9-17(23-19(16)21)13-1-3-14(4-2-13)24-5-7-25-8-6-24;2-1-3/h1-4,9,11-12H,5-8H2,(H2,21,23);1H,(H,2,3). The number of nitrogens with two attached hydrogens (primary N) is 1. The van der Waals surface area contributed by atoms with Crippen molar-refractivity contribution in [3.63, 3.8) is 0 Å². The second-order valence-corrected chi connectivity index (χ2v) is 6.77. The quantitative estimate of drug-likeness (QED) is 0.633. The van der Waals surface area contributed by atoms with Crippen molar-refractivity contribution in [1.29, 1.82) is 5.26 Å². The van der Waals surface area contributed by atoms with Crippen molar-refractivity contribution < 1.29 is 14.6 Å². The van der Waals surface area contributed by atoms with E-state index in [-0.39, 0.29) is 12.3 Å². The second kappa shape index (κ2) is 9.64. The maximum Gasteiger partial charge on any atom is 0.290 e. The molecule has 0 spiro atoms. The number of thiazole rings is 1. The van der Waals surface area contributed by atoms with Gasteiger partial charge in [0.25, 0.3) is 6.47 Å². The summed E-state index contributed by atoms with van der Waals surface area (Å²) < 4.78 is 5.40. The molecule has 4 rings (SSSR count). The molecule has 3 heterocycles. The van der Waals surface area contributed by atoms with E-state index in [1.807, 2.05) is 23.6 Å². The Morgan fingerprint density at radius 3 is 2.52 bits per heavy atom. The summed E-state index contributed by atoms with van der Waals surface area (Å²) in [5, 5.41) is 18.2. The van der Waals surface area contributed by atoms with Gasteiger partial charge in [-0.25, -0.2) is 9.97 Å². The molecule has 1 fully saturated rings. The van der Waals surface area contributed by atoms with Crippen molar-refractivity contribution in [2.24, 2.45) is 0 Å². The molecular formula is C20H19N5O3S. The minimum Gasteiger partial charge on any atom is -0.483 e. The number of morpholine rings is 1. The van der Waals surface area contributed by atoms with Gasteiger partial charge in [-0.3, -0.25) is 4.79 Å². The van der Waals surface area contributed by atoms with Gasteiger partial charge in [-0.05, 0) is 18.2 Å². The van der Waals surface area contributed by atoms with Gasteiger partial charge in [0.2, 0.25) is 0 Å². The van der Waals surface area contributed by atoms with Crippen molar-refractivity contribution in [2.75, 3.05) is 36.9 Å². The number of nitrogen functional groups attached to an aromatic ring is 1. The molecule has 1 aromatic carbocycles. The molecule has 3 N–H and O–H groups in total. The lowest BCUT2D eigenvalue weighted by atomic mass is 10.0. The van der Waals surface area contributed by atoms with Crippen LogP contribution in [-0.2, 0) is 9.53 Å². The fourth-order valence-electron chi connectivity index (χ4n) is 3.04. The number of pyridine rings is 1. The molecule has 0 saturated carbocycles. The first-order valence-corrected chi connectivity index (χ1v) is 9.72. The zero-order valence-electron chi connectivity index (χ0n) is 15.5. The molecule has 29 heavy (non-hydrogen) atoms. The van der Waals surface area contributed by atoms with Crippen LogP contribution in [0, 0.1) is 11.3 Å². The number of rotatable bonds is 3. The van der Waals surface area contributed by atoms with Gasteiger partial charge in [0.1, 0.15) is 17.5 Å². The van der Waals surface area contributed by atoms with Crippen molar-refractivity contribution >= 4 is 29.3 Å². The van der Waals surface area contributed by atoms with Gasteiger partial charge in [-0.15, -0.1) is 11.3 Å². The molecule has 0 bridgehead atoms. The Hall–Kier alpha value is -3.48. The maximum atomic E-state index is 9.43. The van der Waals surface area contributed by atoms with Gasteiger partial charge >= 0.3 is 0 Å². The van der Waals surface area contributed by atoms with Crippen LogP contribution in [0.3, 0.4) is 0 Å². The predicted molar refractivity (Wildman–Crippen MR) is 112 cm³/mol. The largest absolute Gasteiger partial charge is 0.483 e. The van der Waals surface area contributed by atoms with Crippen LogP contribution in [0.2, 0.25) is 0 Å². The lowest BCUT2D eigenvalue weighted by molar-refractivity contribution is -0.122. The highest BCUT2D eigenvalue weighted by molar-refractivity contribution is 7.07. The molecule has 1 aliphatic heterocycles. The molecule has 0 radical (unpaired) electrons. The summed E-state index contributed by atoms with van der Waals surface area (Å²) in [4.78, 5) is 19.4. The Morgan fingerprint density at radius 1 is 1.24 bits per heavy atom. The van der Waals surface area contributed by atoms with Crippen molar-refractivity contribution in [3.05, 3.63) is 46.8 Å². The van der Waals surface area contributed by atoms with Crippen LogP contribution in [0.5, 0.6) is 0 Å². The van der Waals surface area contributed by atoms with Crippen LogP contribution in [0.15, 0.2) is 41.2 Å². The third-order valence-corrected chi connectivity index (χ3v) is 4.99. The number of carboxylic acid groups (broad SMARTS) is 1. The molecule has 2 aromatic heterocycles. The van der Waals surface area contributed by atoms with Gasteiger partial charge < -0.3 is 20.5 Å². The summed E-state index contributed by atoms with van der Waals surface area (Å²) in [5.41, 5.74) is 12.5. The van der Waals surface area contributed by atoms with E-state index in [0.29, 0.717) is 11.1 Å². The number of ether oxygens (including phenoxy) is 1. The average Bonchev–Trinajstić information content (AvgIpc) is 3.29. The molecule has 3 aromatic rings. The van der Waals surface area contributed by atoms with E-state index in [4.69, 9.17) is 20.4 Å². The number of benzene rings is 1. The van der Waals surface area contributed by atoms with E-state index in [9.17, 15) is 5.26 Å². The average molecular weight is 409 g/mol. The van der Waals surface area contributed by atoms with Gasteiger partial charge in [0.05, 0.1) is 30.1 Å². The SMILES string of the molecule is N#Cc1c(-c2cscn2)cc(-c2ccc(N3CCOCC3)cc2)nc1N.O=CO. The van der Waals surface area contributed by atoms with Gasteiger partial charge in [-0.1, -0.05) is 12.1 Å². The molecule has 148 valence electrons. The number of aromatic nitrogens is 2. The third kappa shape index (κ3) is 4.68. The van der Waals surface area contributed by atoms with Gasteiger partial charge in [0.15, 0.2) is 0 Å². The van der Waals surface area contributed by atoms with Crippen molar-refractivity contribution in [3.8, 4) is 28.6 Å².